The highest BCUT2D eigenvalue weighted by Crippen LogP contribution is 2.32. The minimum Gasteiger partial charge on any atom is -0.360 e. The van der Waals surface area contributed by atoms with E-state index in [1.54, 1.807) is 24.3 Å². The number of H-pyrrole nitrogens is 1. The first kappa shape index (κ1) is 14.7. The lowest BCUT2D eigenvalue weighted by atomic mass is 10.0. The lowest BCUT2D eigenvalue weighted by molar-refractivity contribution is -0.137. The number of halogens is 4. The van der Waals surface area contributed by atoms with E-state index >= 15 is 0 Å². The number of rotatable bonds is 2. The van der Waals surface area contributed by atoms with Crippen molar-refractivity contribution in [3.63, 3.8) is 0 Å². The number of fused-ring (bicyclic) bond motifs is 1. The molecule has 1 aromatic heterocycles. The smallest absolute Gasteiger partial charge is 0.360 e. The Morgan fingerprint density at radius 2 is 1.73 bits per heavy atom. The molecule has 2 nitrogen and oxygen atoms in total. The number of nitrogens with one attached hydrogen (secondary N) is 1. The Labute approximate surface area is 128 Å². The molecule has 0 spiro atoms. The summed E-state index contributed by atoms with van der Waals surface area (Å²) in [5.41, 5.74) is 0.260. The summed E-state index contributed by atoms with van der Waals surface area (Å²) in [7, 11) is 0. The number of ketones is 1. The van der Waals surface area contributed by atoms with Gasteiger partial charge in [-0.1, -0.05) is 17.7 Å². The van der Waals surface area contributed by atoms with Crippen LogP contribution in [0.1, 0.15) is 21.5 Å². The van der Waals surface area contributed by atoms with Crippen LogP contribution >= 0.6 is 11.6 Å². The fourth-order valence-corrected chi connectivity index (χ4v) is 2.37. The van der Waals surface area contributed by atoms with Gasteiger partial charge in [0.15, 0.2) is 5.78 Å². The predicted molar refractivity (Wildman–Crippen MR) is 78.2 cm³/mol. The number of hydrogen-bond acceptors (Lipinski definition) is 1. The van der Waals surface area contributed by atoms with E-state index in [-0.39, 0.29) is 11.3 Å². The van der Waals surface area contributed by atoms with Crippen LogP contribution in [0.4, 0.5) is 13.2 Å². The van der Waals surface area contributed by atoms with Crippen LogP contribution in [0.25, 0.3) is 10.9 Å². The summed E-state index contributed by atoms with van der Waals surface area (Å²) < 4.78 is 38.1. The van der Waals surface area contributed by atoms with Crippen molar-refractivity contribution in [3.8, 4) is 0 Å². The summed E-state index contributed by atoms with van der Waals surface area (Å²) in [4.78, 5) is 15.1. The molecule has 0 bridgehead atoms. The molecule has 0 saturated carbocycles. The molecular formula is C16H9ClF3NO. The average Bonchev–Trinajstić information content (AvgIpc) is 2.89. The van der Waals surface area contributed by atoms with Gasteiger partial charge in [0.05, 0.1) is 5.56 Å². The molecular weight excluding hydrogens is 315 g/mol. The largest absolute Gasteiger partial charge is 0.416 e. The van der Waals surface area contributed by atoms with Crippen LogP contribution in [0.3, 0.4) is 0 Å². The first-order valence-corrected chi connectivity index (χ1v) is 6.72. The topological polar surface area (TPSA) is 32.9 Å². The fourth-order valence-electron chi connectivity index (χ4n) is 2.25. The minimum atomic E-state index is -4.42. The molecule has 3 rings (SSSR count). The van der Waals surface area contributed by atoms with Crippen molar-refractivity contribution >= 4 is 28.3 Å². The summed E-state index contributed by atoms with van der Waals surface area (Å²) in [6.45, 7) is 0. The van der Waals surface area contributed by atoms with Gasteiger partial charge in [0.25, 0.3) is 0 Å². The number of aromatic nitrogens is 1. The van der Waals surface area contributed by atoms with Gasteiger partial charge in [-0.3, -0.25) is 4.79 Å². The van der Waals surface area contributed by atoms with Crippen molar-refractivity contribution in [2.75, 3.05) is 0 Å². The third-order valence-electron chi connectivity index (χ3n) is 3.36. The molecule has 0 amide bonds. The van der Waals surface area contributed by atoms with E-state index in [0.29, 0.717) is 21.5 Å². The molecule has 0 aliphatic rings. The molecule has 3 aromatic rings. The Morgan fingerprint density at radius 3 is 2.36 bits per heavy atom. The third kappa shape index (κ3) is 2.60. The zero-order valence-corrected chi connectivity index (χ0v) is 11.8. The molecule has 0 atom stereocenters. The number of carbonyl (C=O) groups is 1. The number of hydrogen-bond donors (Lipinski definition) is 1. The Hall–Kier alpha value is -2.27. The molecule has 6 heteroatoms. The second-order valence-electron chi connectivity index (χ2n) is 4.80. The number of aromatic amines is 1. The average molecular weight is 324 g/mol. The first-order chi connectivity index (χ1) is 10.4. The molecule has 2 aromatic carbocycles. The van der Waals surface area contributed by atoms with E-state index in [4.69, 9.17) is 11.6 Å². The van der Waals surface area contributed by atoms with Gasteiger partial charge in [-0.15, -0.1) is 0 Å². The molecule has 0 aliphatic heterocycles. The highest BCUT2D eigenvalue weighted by molar-refractivity contribution is 6.30. The quantitative estimate of drug-likeness (QED) is 0.656. The van der Waals surface area contributed by atoms with Crippen LogP contribution in [-0.4, -0.2) is 10.8 Å². The molecule has 22 heavy (non-hydrogen) atoms. The summed E-state index contributed by atoms with van der Waals surface area (Å²) in [5, 5.41) is 0.957. The summed E-state index contributed by atoms with van der Waals surface area (Å²) >= 11 is 5.77. The molecule has 0 unspecified atom stereocenters. The Balaban J connectivity index is 2.05. The van der Waals surface area contributed by atoms with Gasteiger partial charge in [0, 0.05) is 33.2 Å². The number of carbonyl (C=O) groups excluding carboxylic acids is 1. The van der Waals surface area contributed by atoms with E-state index in [1.807, 2.05) is 0 Å². The van der Waals surface area contributed by atoms with Crippen LogP contribution in [0, 0.1) is 0 Å². The van der Waals surface area contributed by atoms with Gasteiger partial charge in [-0.2, -0.15) is 13.2 Å². The van der Waals surface area contributed by atoms with E-state index in [1.165, 1.54) is 12.3 Å². The maximum absolute atomic E-state index is 12.7. The molecule has 0 saturated heterocycles. The maximum Gasteiger partial charge on any atom is 0.416 e. The van der Waals surface area contributed by atoms with Gasteiger partial charge in [-0.05, 0) is 36.4 Å². The van der Waals surface area contributed by atoms with Crippen molar-refractivity contribution in [3.05, 3.63) is 70.4 Å². The Morgan fingerprint density at radius 1 is 1.05 bits per heavy atom. The summed E-state index contributed by atoms with van der Waals surface area (Å²) in [6.07, 6.45) is -3.00. The van der Waals surface area contributed by atoms with Crippen LogP contribution in [0.15, 0.2) is 48.7 Å². The highest BCUT2D eigenvalue weighted by Gasteiger charge is 2.31. The van der Waals surface area contributed by atoms with Crippen molar-refractivity contribution in [2.45, 2.75) is 6.18 Å². The van der Waals surface area contributed by atoms with E-state index in [9.17, 15) is 18.0 Å². The van der Waals surface area contributed by atoms with E-state index in [0.717, 1.165) is 12.1 Å². The Bertz CT molecular complexity index is 850. The second-order valence-corrected chi connectivity index (χ2v) is 5.23. The third-order valence-corrected chi connectivity index (χ3v) is 3.61. The van der Waals surface area contributed by atoms with Gasteiger partial charge in [-0.25, -0.2) is 0 Å². The zero-order valence-electron chi connectivity index (χ0n) is 11.0. The van der Waals surface area contributed by atoms with Crippen molar-refractivity contribution < 1.29 is 18.0 Å². The highest BCUT2D eigenvalue weighted by atomic mass is 35.5. The molecule has 0 radical (unpaired) electrons. The second kappa shape index (κ2) is 5.18. The SMILES string of the molecule is O=C(c1ccc(Cl)cc1)c1c[nH]c2cc(C(F)(F)F)ccc12. The number of alkyl halides is 3. The van der Waals surface area contributed by atoms with Crippen LogP contribution in [0.5, 0.6) is 0 Å². The summed E-state index contributed by atoms with van der Waals surface area (Å²) in [5.74, 6) is -0.275. The standard InChI is InChI=1S/C16H9ClF3NO/c17-11-4-1-9(2-5-11)15(22)13-8-21-14-7-10(16(18,19)20)3-6-12(13)14/h1-8,21H. The van der Waals surface area contributed by atoms with Crippen molar-refractivity contribution in [2.24, 2.45) is 0 Å². The molecule has 0 fully saturated rings. The number of benzene rings is 2. The minimum absolute atomic E-state index is 0.270. The monoisotopic (exact) mass is 323 g/mol. The van der Waals surface area contributed by atoms with E-state index < -0.39 is 11.7 Å². The molecule has 0 aliphatic carbocycles. The maximum atomic E-state index is 12.7. The molecule has 112 valence electrons. The van der Waals surface area contributed by atoms with Crippen LogP contribution in [-0.2, 0) is 6.18 Å². The summed E-state index contributed by atoms with van der Waals surface area (Å²) in [6, 6.07) is 9.60. The van der Waals surface area contributed by atoms with Gasteiger partial charge >= 0.3 is 6.18 Å². The van der Waals surface area contributed by atoms with Gasteiger partial charge < -0.3 is 4.98 Å². The van der Waals surface area contributed by atoms with Crippen LogP contribution in [0.2, 0.25) is 5.02 Å². The lowest BCUT2D eigenvalue weighted by Crippen LogP contribution is -2.04. The van der Waals surface area contributed by atoms with Crippen molar-refractivity contribution in [1.29, 1.82) is 0 Å². The van der Waals surface area contributed by atoms with Crippen molar-refractivity contribution in [1.82, 2.24) is 4.98 Å². The first-order valence-electron chi connectivity index (χ1n) is 6.35. The Kier molecular flexibility index (Phi) is 3.45. The van der Waals surface area contributed by atoms with Crippen LogP contribution < -0.4 is 0 Å². The molecule has 1 N–H and O–H groups in total. The normalized spacial score (nSPS) is 11.8. The molecule has 1 heterocycles. The lowest BCUT2D eigenvalue weighted by Gasteiger charge is -2.06. The predicted octanol–water partition coefficient (Wildman–Crippen LogP) is 5.07. The van der Waals surface area contributed by atoms with Gasteiger partial charge in [0.2, 0.25) is 0 Å². The van der Waals surface area contributed by atoms with E-state index in [2.05, 4.69) is 4.98 Å². The fraction of sp³-hybridized carbons (Fsp3) is 0.0625. The van der Waals surface area contributed by atoms with Gasteiger partial charge in [0.1, 0.15) is 0 Å². The zero-order chi connectivity index (χ0) is 15.9.